The largest absolute Gasteiger partial charge is 0.381 e. The van der Waals surface area contributed by atoms with E-state index in [1.54, 1.807) is 12.1 Å². The van der Waals surface area contributed by atoms with E-state index in [-0.39, 0.29) is 24.1 Å². The fourth-order valence-corrected chi connectivity index (χ4v) is 3.94. The molecule has 1 aromatic rings. The summed E-state index contributed by atoms with van der Waals surface area (Å²) in [6.45, 7) is 3.21. The third-order valence-electron chi connectivity index (χ3n) is 5.61. The SMILES string of the molecule is Cl.NCC1(C(=O)N2CCC(Cc3cccc(F)c3)CC2)CCOCC1. The number of piperidine rings is 1. The van der Waals surface area contributed by atoms with Gasteiger partial charge in [-0.2, -0.15) is 0 Å². The Hall–Kier alpha value is -1.17. The number of hydrogen-bond acceptors (Lipinski definition) is 3. The predicted octanol–water partition coefficient (Wildman–Crippen LogP) is 2.78. The third kappa shape index (κ3) is 4.72. The Morgan fingerprint density at radius 2 is 1.96 bits per heavy atom. The fraction of sp³-hybridized carbons (Fsp3) is 0.632. The molecule has 0 aliphatic carbocycles. The number of benzene rings is 1. The Morgan fingerprint density at radius 3 is 2.56 bits per heavy atom. The van der Waals surface area contributed by atoms with Crippen molar-refractivity contribution in [3.63, 3.8) is 0 Å². The van der Waals surface area contributed by atoms with Crippen LogP contribution in [0.15, 0.2) is 24.3 Å². The van der Waals surface area contributed by atoms with E-state index >= 15 is 0 Å². The van der Waals surface area contributed by atoms with Gasteiger partial charge in [0.1, 0.15) is 5.82 Å². The van der Waals surface area contributed by atoms with Gasteiger partial charge in [0.2, 0.25) is 5.91 Å². The molecule has 0 unspecified atom stereocenters. The number of nitrogens with two attached hydrogens (primary N) is 1. The smallest absolute Gasteiger partial charge is 0.230 e. The van der Waals surface area contributed by atoms with Gasteiger partial charge in [0.05, 0.1) is 5.41 Å². The van der Waals surface area contributed by atoms with Crippen molar-refractivity contribution in [1.82, 2.24) is 4.90 Å². The quantitative estimate of drug-likeness (QED) is 0.886. The van der Waals surface area contributed by atoms with Crippen molar-refractivity contribution in [3.8, 4) is 0 Å². The lowest BCUT2D eigenvalue weighted by atomic mass is 9.78. The van der Waals surface area contributed by atoms with E-state index in [9.17, 15) is 9.18 Å². The van der Waals surface area contributed by atoms with Crippen molar-refractivity contribution in [2.24, 2.45) is 17.1 Å². The Kier molecular flexibility index (Phi) is 7.23. The van der Waals surface area contributed by atoms with Crippen molar-refractivity contribution in [2.45, 2.75) is 32.1 Å². The molecule has 140 valence electrons. The Balaban J connectivity index is 0.00000225. The number of halogens is 2. The Morgan fingerprint density at radius 1 is 1.28 bits per heavy atom. The highest BCUT2D eigenvalue weighted by Crippen LogP contribution is 2.33. The molecule has 2 aliphatic rings. The molecule has 0 aromatic heterocycles. The Labute approximate surface area is 155 Å². The molecule has 4 nitrogen and oxygen atoms in total. The number of carbonyl (C=O) groups is 1. The van der Waals surface area contributed by atoms with Crippen LogP contribution in [-0.4, -0.2) is 43.7 Å². The summed E-state index contributed by atoms with van der Waals surface area (Å²) in [5.41, 5.74) is 6.57. The molecule has 0 atom stereocenters. The van der Waals surface area contributed by atoms with E-state index in [4.69, 9.17) is 10.5 Å². The maximum atomic E-state index is 13.3. The minimum absolute atomic E-state index is 0. The summed E-state index contributed by atoms with van der Waals surface area (Å²) in [6.07, 6.45) is 4.28. The minimum atomic E-state index is -0.423. The lowest BCUT2D eigenvalue weighted by Gasteiger charge is -2.41. The molecule has 0 radical (unpaired) electrons. The molecule has 3 rings (SSSR count). The summed E-state index contributed by atoms with van der Waals surface area (Å²) >= 11 is 0. The summed E-state index contributed by atoms with van der Waals surface area (Å²) in [6, 6.07) is 6.83. The zero-order valence-corrected chi connectivity index (χ0v) is 15.4. The summed E-state index contributed by atoms with van der Waals surface area (Å²) in [4.78, 5) is 14.9. The van der Waals surface area contributed by atoms with Crippen molar-refractivity contribution < 1.29 is 13.9 Å². The molecule has 6 heteroatoms. The van der Waals surface area contributed by atoms with Crippen LogP contribution in [0.4, 0.5) is 4.39 Å². The molecule has 2 heterocycles. The zero-order valence-electron chi connectivity index (χ0n) is 14.6. The fourth-order valence-electron chi connectivity index (χ4n) is 3.94. The second-order valence-electron chi connectivity index (χ2n) is 7.17. The molecular formula is C19H28ClFN2O2. The molecule has 2 aliphatic heterocycles. The van der Waals surface area contributed by atoms with Gasteiger partial charge in [-0.15, -0.1) is 12.4 Å². The van der Waals surface area contributed by atoms with Crippen LogP contribution in [0.5, 0.6) is 0 Å². The van der Waals surface area contributed by atoms with Gasteiger partial charge in [0.25, 0.3) is 0 Å². The average molecular weight is 371 g/mol. The molecule has 2 fully saturated rings. The highest BCUT2D eigenvalue weighted by Gasteiger charge is 2.42. The minimum Gasteiger partial charge on any atom is -0.381 e. The van der Waals surface area contributed by atoms with Crippen molar-refractivity contribution in [1.29, 1.82) is 0 Å². The van der Waals surface area contributed by atoms with E-state index in [0.717, 1.165) is 50.8 Å². The normalized spacial score (nSPS) is 20.8. The first-order valence-corrected chi connectivity index (χ1v) is 8.95. The number of carbonyl (C=O) groups excluding carboxylic acids is 1. The van der Waals surface area contributed by atoms with Crippen LogP contribution in [0.1, 0.15) is 31.2 Å². The number of rotatable bonds is 4. The third-order valence-corrected chi connectivity index (χ3v) is 5.61. The van der Waals surface area contributed by atoms with Gasteiger partial charge in [-0.1, -0.05) is 12.1 Å². The molecule has 1 aromatic carbocycles. The summed E-state index contributed by atoms with van der Waals surface area (Å²) in [7, 11) is 0. The standard InChI is InChI=1S/C19H27FN2O2.ClH/c20-17-3-1-2-16(13-17)12-15-4-8-22(9-5-15)18(23)19(14-21)6-10-24-11-7-19;/h1-3,13,15H,4-12,14,21H2;1H. The highest BCUT2D eigenvalue weighted by atomic mass is 35.5. The first-order chi connectivity index (χ1) is 11.6. The highest BCUT2D eigenvalue weighted by molar-refractivity contribution is 5.85. The van der Waals surface area contributed by atoms with Crippen LogP contribution < -0.4 is 5.73 Å². The summed E-state index contributed by atoms with van der Waals surface area (Å²) in [5.74, 6) is 0.543. The molecule has 2 N–H and O–H groups in total. The molecule has 0 bridgehead atoms. The van der Waals surface area contributed by atoms with E-state index < -0.39 is 5.41 Å². The van der Waals surface area contributed by atoms with Crippen LogP contribution in [0.25, 0.3) is 0 Å². The van der Waals surface area contributed by atoms with Crippen LogP contribution >= 0.6 is 12.4 Å². The number of hydrogen-bond donors (Lipinski definition) is 1. The molecule has 0 saturated carbocycles. The van der Waals surface area contributed by atoms with Gasteiger partial charge in [-0.05, 0) is 55.7 Å². The van der Waals surface area contributed by atoms with Crippen LogP contribution in [-0.2, 0) is 16.0 Å². The monoisotopic (exact) mass is 370 g/mol. The van der Waals surface area contributed by atoms with E-state index in [1.165, 1.54) is 6.07 Å². The van der Waals surface area contributed by atoms with Crippen LogP contribution in [0.2, 0.25) is 0 Å². The van der Waals surface area contributed by atoms with Gasteiger partial charge in [-0.25, -0.2) is 4.39 Å². The lowest BCUT2D eigenvalue weighted by Crippen LogP contribution is -2.52. The first-order valence-electron chi connectivity index (χ1n) is 8.95. The van der Waals surface area contributed by atoms with Gasteiger partial charge in [0, 0.05) is 32.8 Å². The van der Waals surface area contributed by atoms with Crippen LogP contribution in [0, 0.1) is 17.2 Å². The maximum Gasteiger partial charge on any atom is 0.230 e. The van der Waals surface area contributed by atoms with E-state index in [0.29, 0.717) is 25.7 Å². The van der Waals surface area contributed by atoms with Gasteiger partial charge in [-0.3, -0.25) is 4.79 Å². The molecule has 0 spiro atoms. The molecule has 2 saturated heterocycles. The molecule has 25 heavy (non-hydrogen) atoms. The van der Waals surface area contributed by atoms with Crippen molar-refractivity contribution in [3.05, 3.63) is 35.6 Å². The number of amides is 1. The predicted molar refractivity (Wildman–Crippen MR) is 98.2 cm³/mol. The second-order valence-corrected chi connectivity index (χ2v) is 7.17. The average Bonchev–Trinajstić information content (AvgIpc) is 2.62. The van der Waals surface area contributed by atoms with Crippen molar-refractivity contribution in [2.75, 3.05) is 32.8 Å². The van der Waals surface area contributed by atoms with E-state index in [2.05, 4.69) is 0 Å². The van der Waals surface area contributed by atoms with Crippen LogP contribution in [0.3, 0.4) is 0 Å². The Bertz CT molecular complexity index is 570. The first kappa shape index (κ1) is 20.1. The molecular weight excluding hydrogens is 343 g/mol. The number of nitrogens with zero attached hydrogens (tertiary/aromatic N) is 1. The van der Waals surface area contributed by atoms with Gasteiger partial charge in [0.15, 0.2) is 0 Å². The number of ether oxygens (including phenoxy) is 1. The summed E-state index contributed by atoms with van der Waals surface area (Å²) in [5, 5.41) is 0. The second kappa shape index (κ2) is 8.97. The van der Waals surface area contributed by atoms with Gasteiger partial charge < -0.3 is 15.4 Å². The van der Waals surface area contributed by atoms with Gasteiger partial charge >= 0.3 is 0 Å². The maximum absolute atomic E-state index is 13.3. The lowest BCUT2D eigenvalue weighted by molar-refractivity contribution is -0.148. The van der Waals surface area contributed by atoms with Crippen molar-refractivity contribution >= 4 is 18.3 Å². The summed E-state index contributed by atoms with van der Waals surface area (Å²) < 4.78 is 18.7. The van der Waals surface area contributed by atoms with E-state index in [1.807, 2.05) is 11.0 Å². The number of likely N-dealkylation sites (tertiary alicyclic amines) is 1. The topological polar surface area (TPSA) is 55.6 Å². The zero-order chi connectivity index (χ0) is 17.0. The molecule has 1 amide bonds.